The molecule has 0 radical (unpaired) electrons. The standard InChI is InChI=1S/C18H23N3O4/c1-13-5-2-3-6-15(13)25-12-14(22)11-20-9-10-24-16-7-4-8-21-17(16)18(19)23/h2-8,14,20,22H,9-12H2,1H3,(H2,19,23). The van der Waals surface area contributed by atoms with E-state index in [1.54, 1.807) is 12.1 Å². The minimum Gasteiger partial charge on any atom is -0.491 e. The summed E-state index contributed by atoms with van der Waals surface area (Å²) in [6, 6.07) is 11.0. The van der Waals surface area contributed by atoms with Crippen molar-refractivity contribution in [2.24, 2.45) is 5.73 Å². The highest BCUT2D eigenvalue weighted by molar-refractivity contribution is 5.93. The molecule has 7 heteroatoms. The number of hydrogen-bond acceptors (Lipinski definition) is 6. The van der Waals surface area contributed by atoms with Crippen LogP contribution in [0, 0.1) is 6.92 Å². The van der Waals surface area contributed by atoms with Gasteiger partial charge in [0.25, 0.3) is 5.91 Å². The maximum Gasteiger partial charge on any atom is 0.271 e. The van der Waals surface area contributed by atoms with Crippen molar-refractivity contribution in [3.8, 4) is 11.5 Å². The maximum absolute atomic E-state index is 11.2. The first-order valence-electron chi connectivity index (χ1n) is 8.02. The Morgan fingerprint density at radius 3 is 2.76 bits per heavy atom. The van der Waals surface area contributed by atoms with Crippen LogP contribution >= 0.6 is 0 Å². The van der Waals surface area contributed by atoms with Gasteiger partial charge in [-0.3, -0.25) is 4.79 Å². The van der Waals surface area contributed by atoms with Gasteiger partial charge in [-0.25, -0.2) is 4.98 Å². The molecule has 2 rings (SSSR count). The van der Waals surface area contributed by atoms with E-state index in [-0.39, 0.29) is 12.3 Å². The van der Waals surface area contributed by atoms with Gasteiger partial charge in [0, 0.05) is 19.3 Å². The Balaban J connectivity index is 1.64. The number of carbonyl (C=O) groups excluding carboxylic acids is 1. The Bertz CT molecular complexity index is 694. The van der Waals surface area contributed by atoms with Crippen LogP contribution in [0.2, 0.25) is 0 Å². The highest BCUT2D eigenvalue weighted by Gasteiger charge is 2.10. The van der Waals surface area contributed by atoms with E-state index >= 15 is 0 Å². The van der Waals surface area contributed by atoms with Crippen LogP contribution in [0.25, 0.3) is 0 Å². The number of hydrogen-bond donors (Lipinski definition) is 3. The van der Waals surface area contributed by atoms with Gasteiger partial charge in [0.2, 0.25) is 0 Å². The second-order valence-electron chi connectivity index (χ2n) is 5.50. The molecular formula is C18H23N3O4. The third kappa shape index (κ3) is 6.06. The van der Waals surface area contributed by atoms with Crippen LogP contribution in [-0.2, 0) is 0 Å². The molecule has 1 amide bonds. The van der Waals surface area contributed by atoms with Gasteiger partial charge in [-0.05, 0) is 30.7 Å². The zero-order chi connectivity index (χ0) is 18.1. The first-order chi connectivity index (χ1) is 12.1. The molecule has 1 heterocycles. The van der Waals surface area contributed by atoms with Gasteiger partial charge < -0.3 is 25.6 Å². The van der Waals surface area contributed by atoms with Gasteiger partial charge in [-0.1, -0.05) is 18.2 Å². The number of nitrogens with two attached hydrogens (primary N) is 1. The molecular weight excluding hydrogens is 322 g/mol. The molecule has 0 spiro atoms. The van der Waals surface area contributed by atoms with E-state index in [1.165, 1.54) is 6.20 Å². The summed E-state index contributed by atoms with van der Waals surface area (Å²) in [5, 5.41) is 13.0. The summed E-state index contributed by atoms with van der Waals surface area (Å²) in [4.78, 5) is 15.1. The highest BCUT2D eigenvalue weighted by atomic mass is 16.5. The number of nitrogens with zero attached hydrogens (tertiary/aromatic N) is 1. The number of benzene rings is 1. The molecule has 0 bridgehead atoms. The highest BCUT2D eigenvalue weighted by Crippen LogP contribution is 2.16. The second-order valence-corrected chi connectivity index (χ2v) is 5.50. The fourth-order valence-electron chi connectivity index (χ4n) is 2.16. The van der Waals surface area contributed by atoms with E-state index in [9.17, 15) is 9.90 Å². The van der Waals surface area contributed by atoms with Gasteiger partial charge in [-0.15, -0.1) is 0 Å². The van der Waals surface area contributed by atoms with E-state index in [1.807, 2.05) is 31.2 Å². The van der Waals surface area contributed by atoms with Gasteiger partial charge in [-0.2, -0.15) is 0 Å². The molecule has 0 aliphatic heterocycles. The van der Waals surface area contributed by atoms with Crippen LogP contribution in [0.3, 0.4) is 0 Å². The quantitative estimate of drug-likeness (QED) is 0.552. The number of aliphatic hydroxyl groups is 1. The van der Waals surface area contributed by atoms with Gasteiger partial charge in [0.15, 0.2) is 11.4 Å². The lowest BCUT2D eigenvalue weighted by molar-refractivity contribution is 0.0990. The Labute approximate surface area is 146 Å². The van der Waals surface area contributed by atoms with E-state index in [0.29, 0.717) is 25.4 Å². The minimum atomic E-state index is -0.640. The van der Waals surface area contributed by atoms with E-state index in [0.717, 1.165) is 11.3 Å². The van der Waals surface area contributed by atoms with Crippen LogP contribution in [0.1, 0.15) is 16.1 Å². The largest absolute Gasteiger partial charge is 0.491 e. The summed E-state index contributed by atoms with van der Waals surface area (Å²) in [5.41, 5.74) is 6.36. The second kappa shape index (κ2) is 9.61. The molecule has 1 atom stereocenters. The lowest BCUT2D eigenvalue weighted by Gasteiger charge is -2.15. The Morgan fingerprint density at radius 1 is 1.24 bits per heavy atom. The fraction of sp³-hybridized carbons (Fsp3) is 0.333. The Kier molecular flexibility index (Phi) is 7.18. The summed E-state index contributed by atoms with van der Waals surface area (Å²) in [6.45, 7) is 3.33. The van der Waals surface area contributed by atoms with Crippen LogP contribution in [0.15, 0.2) is 42.6 Å². The summed E-state index contributed by atoms with van der Waals surface area (Å²) in [5.74, 6) is 0.480. The molecule has 0 aliphatic carbocycles. The van der Waals surface area contributed by atoms with Crippen LogP contribution in [0.4, 0.5) is 0 Å². The first kappa shape index (κ1) is 18.7. The number of para-hydroxylation sites is 1. The average Bonchev–Trinajstić information content (AvgIpc) is 2.61. The molecule has 25 heavy (non-hydrogen) atoms. The van der Waals surface area contributed by atoms with Crippen molar-refractivity contribution in [1.82, 2.24) is 10.3 Å². The molecule has 134 valence electrons. The van der Waals surface area contributed by atoms with Gasteiger partial charge in [0.05, 0.1) is 0 Å². The predicted octanol–water partition coefficient (Wildman–Crippen LogP) is 0.897. The number of ether oxygens (including phenoxy) is 2. The molecule has 1 unspecified atom stereocenters. The van der Waals surface area contributed by atoms with Crippen molar-refractivity contribution in [1.29, 1.82) is 0 Å². The van der Waals surface area contributed by atoms with Crippen molar-refractivity contribution in [3.63, 3.8) is 0 Å². The molecule has 0 saturated heterocycles. The number of carbonyl (C=O) groups is 1. The third-order valence-electron chi connectivity index (χ3n) is 3.45. The molecule has 1 aromatic heterocycles. The molecule has 1 aromatic carbocycles. The minimum absolute atomic E-state index is 0.106. The van der Waals surface area contributed by atoms with E-state index in [2.05, 4.69) is 10.3 Å². The Morgan fingerprint density at radius 2 is 2.00 bits per heavy atom. The maximum atomic E-state index is 11.2. The zero-order valence-corrected chi connectivity index (χ0v) is 14.1. The van der Waals surface area contributed by atoms with Crippen LogP contribution in [0.5, 0.6) is 11.5 Å². The number of primary amides is 1. The Hall–Kier alpha value is -2.64. The lowest BCUT2D eigenvalue weighted by atomic mass is 10.2. The summed E-state index contributed by atoms with van der Waals surface area (Å²) in [6.07, 6.45) is 0.843. The van der Waals surface area contributed by atoms with Crippen LogP contribution < -0.4 is 20.5 Å². The summed E-state index contributed by atoms with van der Waals surface area (Å²) < 4.78 is 11.1. The zero-order valence-electron chi connectivity index (χ0n) is 14.1. The molecule has 7 nitrogen and oxygen atoms in total. The first-order valence-corrected chi connectivity index (χ1v) is 8.02. The number of pyridine rings is 1. The summed E-state index contributed by atoms with van der Waals surface area (Å²) >= 11 is 0. The SMILES string of the molecule is Cc1ccccc1OCC(O)CNCCOc1cccnc1C(N)=O. The van der Waals surface area contributed by atoms with Gasteiger partial charge in [0.1, 0.15) is 25.1 Å². The van der Waals surface area contributed by atoms with Crippen molar-refractivity contribution < 1.29 is 19.4 Å². The smallest absolute Gasteiger partial charge is 0.271 e. The number of amides is 1. The normalized spacial score (nSPS) is 11.8. The number of aromatic nitrogens is 1. The topological polar surface area (TPSA) is 107 Å². The van der Waals surface area contributed by atoms with E-state index in [4.69, 9.17) is 15.2 Å². The third-order valence-corrected chi connectivity index (χ3v) is 3.45. The van der Waals surface area contributed by atoms with E-state index < -0.39 is 12.0 Å². The number of nitrogens with one attached hydrogen (secondary N) is 1. The van der Waals surface area contributed by atoms with Gasteiger partial charge >= 0.3 is 0 Å². The number of rotatable bonds is 10. The number of aryl methyl sites for hydroxylation is 1. The van der Waals surface area contributed by atoms with Crippen molar-refractivity contribution in [3.05, 3.63) is 53.9 Å². The van der Waals surface area contributed by atoms with Crippen molar-refractivity contribution in [2.75, 3.05) is 26.3 Å². The molecule has 0 fully saturated rings. The molecule has 0 aliphatic rings. The molecule has 4 N–H and O–H groups in total. The number of aliphatic hydroxyl groups excluding tert-OH is 1. The predicted molar refractivity (Wildman–Crippen MR) is 93.8 cm³/mol. The van der Waals surface area contributed by atoms with Crippen LogP contribution in [-0.4, -0.2) is 48.4 Å². The van der Waals surface area contributed by atoms with Crippen molar-refractivity contribution in [2.45, 2.75) is 13.0 Å². The fourth-order valence-corrected chi connectivity index (χ4v) is 2.16. The lowest BCUT2D eigenvalue weighted by Crippen LogP contribution is -2.33. The van der Waals surface area contributed by atoms with Crippen molar-refractivity contribution >= 4 is 5.91 Å². The average molecular weight is 345 g/mol. The molecule has 2 aromatic rings. The monoisotopic (exact) mass is 345 g/mol. The summed E-state index contributed by atoms with van der Waals surface area (Å²) in [7, 11) is 0. The molecule has 0 saturated carbocycles.